The number of rotatable bonds is 2. The molecule has 1 aromatic heterocycles. The van der Waals surface area contributed by atoms with E-state index in [9.17, 15) is 4.79 Å². The van der Waals surface area contributed by atoms with Crippen molar-refractivity contribution in [1.29, 1.82) is 0 Å². The van der Waals surface area contributed by atoms with Gasteiger partial charge in [0.25, 0.3) is 5.91 Å². The van der Waals surface area contributed by atoms with Crippen LogP contribution in [0.15, 0.2) is 24.3 Å². The fourth-order valence-corrected chi connectivity index (χ4v) is 2.53. The summed E-state index contributed by atoms with van der Waals surface area (Å²) >= 11 is 0. The van der Waals surface area contributed by atoms with Gasteiger partial charge in [0.2, 0.25) is 0 Å². The molecule has 2 aromatic rings. The monoisotopic (exact) mass is 274 g/mol. The van der Waals surface area contributed by atoms with Crippen LogP contribution < -0.4 is 4.74 Å². The molecule has 1 aromatic carbocycles. The van der Waals surface area contributed by atoms with E-state index in [0.29, 0.717) is 25.5 Å². The number of methoxy groups -OCH3 is 1. The summed E-state index contributed by atoms with van der Waals surface area (Å²) < 4.78 is 10.6. The molecule has 3 rings (SSSR count). The number of carbonyl (C=O) groups is 1. The normalized spacial score (nSPS) is 19.3. The van der Waals surface area contributed by atoms with Crippen LogP contribution in [0.1, 0.15) is 17.4 Å². The maximum atomic E-state index is 12.5. The molecule has 5 nitrogen and oxygen atoms in total. The van der Waals surface area contributed by atoms with Crippen LogP contribution in [-0.2, 0) is 4.74 Å². The Bertz CT molecular complexity index is 635. The summed E-state index contributed by atoms with van der Waals surface area (Å²) in [7, 11) is 1.63. The van der Waals surface area contributed by atoms with Crippen LogP contribution in [0.3, 0.4) is 0 Å². The molecule has 0 radical (unpaired) electrons. The van der Waals surface area contributed by atoms with Crippen LogP contribution in [0.5, 0.6) is 5.75 Å². The summed E-state index contributed by atoms with van der Waals surface area (Å²) in [5.74, 6) is 0.800. The Kier molecular flexibility index (Phi) is 3.36. The van der Waals surface area contributed by atoms with Gasteiger partial charge in [-0.3, -0.25) is 4.79 Å². The third-order valence-corrected chi connectivity index (χ3v) is 3.69. The second-order valence-corrected chi connectivity index (χ2v) is 5.06. The van der Waals surface area contributed by atoms with E-state index in [2.05, 4.69) is 4.98 Å². The van der Waals surface area contributed by atoms with Gasteiger partial charge in [0.15, 0.2) is 0 Å². The quantitative estimate of drug-likeness (QED) is 0.911. The topological polar surface area (TPSA) is 54.6 Å². The molecule has 106 valence electrons. The Morgan fingerprint density at radius 1 is 1.45 bits per heavy atom. The van der Waals surface area contributed by atoms with Gasteiger partial charge in [-0.05, 0) is 25.1 Å². The summed E-state index contributed by atoms with van der Waals surface area (Å²) in [6.07, 6.45) is 0. The molecule has 20 heavy (non-hydrogen) atoms. The number of carbonyl (C=O) groups excluding carboxylic acids is 1. The Balaban J connectivity index is 1.91. The second kappa shape index (κ2) is 5.17. The number of nitrogens with zero attached hydrogens (tertiary/aromatic N) is 1. The van der Waals surface area contributed by atoms with Gasteiger partial charge in [0.05, 0.1) is 26.4 Å². The van der Waals surface area contributed by atoms with Crippen molar-refractivity contribution in [3.63, 3.8) is 0 Å². The van der Waals surface area contributed by atoms with Crippen molar-refractivity contribution in [2.45, 2.75) is 13.0 Å². The number of amides is 1. The minimum Gasteiger partial charge on any atom is -0.497 e. The van der Waals surface area contributed by atoms with Gasteiger partial charge in [-0.15, -0.1) is 0 Å². The van der Waals surface area contributed by atoms with Crippen LogP contribution >= 0.6 is 0 Å². The highest BCUT2D eigenvalue weighted by molar-refractivity contribution is 5.98. The zero-order chi connectivity index (χ0) is 14.1. The fraction of sp³-hybridized carbons (Fsp3) is 0.400. The van der Waals surface area contributed by atoms with E-state index >= 15 is 0 Å². The molecule has 1 aliphatic heterocycles. The van der Waals surface area contributed by atoms with E-state index < -0.39 is 0 Å². The number of H-pyrrole nitrogens is 1. The Hall–Kier alpha value is -2.01. The lowest BCUT2D eigenvalue weighted by Gasteiger charge is -2.32. The van der Waals surface area contributed by atoms with Crippen molar-refractivity contribution >= 4 is 16.8 Å². The van der Waals surface area contributed by atoms with Crippen molar-refractivity contribution in [2.24, 2.45) is 0 Å². The molecular formula is C15H18N2O3. The van der Waals surface area contributed by atoms with Crippen LogP contribution in [0.2, 0.25) is 0 Å². The summed E-state index contributed by atoms with van der Waals surface area (Å²) in [6, 6.07) is 7.73. The second-order valence-electron chi connectivity index (χ2n) is 5.06. The predicted octanol–water partition coefficient (Wildman–Crippen LogP) is 2.04. The molecule has 1 atom stereocenters. The first-order chi connectivity index (χ1) is 9.69. The number of aromatic nitrogens is 1. The smallest absolute Gasteiger partial charge is 0.270 e. The summed E-state index contributed by atoms with van der Waals surface area (Å²) in [4.78, 5) is 17.6. The molecular weight excluding hydrogens is 256 g/mol. The lowest BCUT2D eigenvalue weighted by Crippen LogP contribution is -2.47. The van der Waals surface area contributed by atoms with E-state index in [0.717, 1.165) is 16.7 Å². The average molecular weight is 274 g/mol. The Morgan fingerprint density at radius 3 is 3.05 bits per heavy atom. The Morgan fingerprint density at radius 2 is 2.30 bits per heavy atom. The van der Waals surface area contributed by atoms with Gasteiger partial charge in [-0.25, -0.2) is 0 Å². The number of benzene rings is 1. The first-order valence-electron chi connectivity index (χ1n) is 6.74. The third kappa shape index (κ3) is 2.25. The van der Waals surface area contributed by atoms with Crippen LogP contribution in [0.25, 0.3) is 10.9 Å². The lowest BCUT2D eigenvalue weighted by molar-refractivity contribution is 0.00332. The standard InChI is InChI=1S/C15H18N2O3/c1-10-9-20-6-5-17(10)15(18)14-7-11-3-4-12(19-2)8-13(11)16-14/h3-4,7-8,10,16H,5-6,9H2,1-2H3/t10-/m1/s1. The van der Waals surface area contributed by atoms with Gasteiger partial charge >= 0.3 is 0 Å². The van der Waals surface area contributed by atoms with Crippen molar-refractivity contribution in [3.05, 3.63) is 30.0 Å². The molecule has 0 unspecified atom stereocenters. The van der Waals surface area contributed by atoms with E-state index in [1.54, 1.807) is 7.11 Å². The number of fused-ring (bicyclic) bond motifs is 1. The molecule has 0 aliphatic carbocycles. The molecule has 0 bridgehead atoms. The molecule has 0 saturated carbocycles. The summed E-state index contributed by atoms with van der Waals surface area (Å²) in [5.41, 5.74) is 1.52. The molecule has 1 saturated heterocycles. The zero-order valence-corrected chi connectivity index (χ0v) is 11.7. The van der Waals surface area contributed by atoms with Crippen molar-refractivity contribution in [1.82, 2.24) is 9.88 Å². The zero-order valence-electron chi connectivity index (χ0n) is 11.7. The van der Waals surface area contributed by atoms with Crippen molar-refractivity contribution < 1.29 is 14.3 Å². The summed E-state index contributed by atoms with van der Waals surface area (Å²) in [6.45, 7) is 3.84. The molecule has 1 fully saturated rings. The molecule has 0 spiro atoms. The minimum absolute atomic E-state index is 0.0240. The summed E-state index contributed by atoms with van der Waals surface area (Å²) in [5, 5.41) is 1.01. The van der Waals surface area contributed by atoms with Crippen LogP contribution in [0.4, 0.5) is 0 Å². The van der Waals surface area contributed by atoms with Gasteiger partial charge in [-0.2, -0.15) is 0 Å². The van der Waals surface area contributed by atoms with E-state index in [4.69, 9.17) is 9.47 Å². The Labute approximate surface area is 117 Å². The third-order valence-electron chi connectivity index (χ3n) is 3.69. The highest BCUT2D eigenvalue weighted by Gasteiger charge is 2.25. The van der Waals surface area contributed by atoms with Gasteiger partial charge < -0.3 is 19.4 Å². The predicted molar refractivity (Wildman–Crippen MR) is 76.2 cm³/mol. The van der Waals surface area contributed by atoms with E-state index in [1.165, 1.54) is 0 Å². The SMILES string of the molecule is COc1ccc2cc(C(=O)N3CCOC[C@H]3C)[nH]c2c1. The number of ether oxygens (including phenoxy) is 2. The maximum absolute atomic E-state index is 12.5. The average Bonchev–Trinajstić information content (AvgIpc) is 2.89. The minimum atomic E-state index is 0.0240. The van der Waals surface area contributed by atoms with Crippen LogP contribution in [0, 0.1) is 0 Å². The largest absolute Gasteiger partial charge is 0.497 e. The number of aromatic amines is 1. The first-order valence-corrected chi connectivity index (χ1v) is 6.74. The number of hydrogen-bond acceptors (Lipinski definition) is 3. The lowest BCUT2D eigenvalue weighted by atomic mass is 10.2. The van der Waals surface area contributed by atoms with Crippen molar-refractivity contribution in [2.75, 3.05) is 26.9 Å². The number of hydrogen-bond donors (Lipinski definition) is 1. The highest BCUT2D eigenvalue weighted by Crippen LogP contribution is 2.22. The first kappa shape index (κ1) is 13.0. The molecule has 5 heteroatoms. The van der Waals surface area contributed by atoms with Gasteiger partial charge in [0.1, 0.15) is 11.4 Å². The maximum Gasteiger partial charge on any atom is 0.270 e. The van der Waals surface area contributed by atoms with E-state index in [1.807, 2.05) is 36.1 Å². The molecule has 1 aliphatic rings. The highest BCUT2D eigenvalue weighted by atomic mass is 16.5. The van der Waals surface area contributed by atoms with Gasteiger partial charge in [0, 0.05) is 23.5 Å². The number of morpholine rings is 1. The molecule has 1 N–H and O–H groups in total. The molecule has 2 heterocycles. The number of nitrogens with one attached hydrogen (secondary N) is 1. The molecule has 1 amide bonds. The van der Waals surface area contributed by atoms with E-state index in [-0.39, 0.29) is 11.9 Å². The van der Waals surface area contributed by atoms with Crippen molar-refractivity contribution in [3.8, 4) is 5.75 Å². The fourth-order valence-electron chi connectivity index (χ4n) is 2.53. The van der Waals surface area contributed by atoms with Crippen LogP contribution in [-0.4, -0.2) is 48.7 Å². The van der Waals surface area contributed by atoms with Gasteiger partial charge in [-0.1, -0.05) is 0 Å².